The predicted octanol–water partition coefficient (Wildman–Crippen LogP) is 5.30. The monoisotopic (exact) mass is 526 g/mol. The second-order valence-electron chi connectivity index (χ2n) is 10.8. The highest BCUT2D eigenvalue weighted by molar-refractivity contribution is 7.21. The average molecular weight is 527 g/mol. The van der Waals surface area contributed by atoms with Crippen LogP contribution in [0.5, 0.6) is 0 Å². The minimum Gasteiger partial charge on any atom is -0.462 e. The van der Waals surface area contributed by atoms with E-state index in [1.54, 1.807) is 11.3 Å². The summed E-state index contributed by atoms with van der Waals surface area (Å²) in [5.41, 5.74) is 3.74. The van der Waals surface area contributed by atoms with E-state index in [-0.39, 0.29) is 12.2 Å². The smallest absolute Gasteiger partial charge is 0.293 e. The van der Waals surface area contributed by atoms with Crippen molar-refractivity contribution in [2.75, 3.05) is 23.8 Å². The number of aliphatic hydroxyl groups excluding tert-OH is 1. The van der Waals surface area contributed by atoms with E-state index in [1.807, 2.05) is 40.8 Å². The van der Waals surface area contributed by atoms with Crippen LogP contribution in [0.3, 0.4) is 0 Å². The number of rotatable bonds is 8. The van der Waals surface area contributed by atoms with E-state index in [0.717, 1.165) is 59.1 Å². The number of aliphatic hydroxyl groups is 1. The minimum absolute atomic E-state index is 0.255. The molecule has 2 unspecified atom stereocenters. The van der Waals surface area contributed by atoms with E-state index in [1.165, 1.54) is 17.5 Å². The summed E-state index contributed by atoms with van der Waals surface area (Å²) in [4.78, 5) is 28.7. The fourth-order valence-corrected chi connectivity index (χ4v) is 5.58. The Labute approximate surface area is 222 Å². The number of fused-ring (bicyclic) bond motifs is 1. The Hall–Kier alpha value is -2.85. The third-order valence-corrected chi connectivity index (χ3v) is 7.52. The summed E-state index contributed by atoms with van der Waals surface area (Å²) in [6.07, 6.45) is 7.37. The number of pyridine rings is 1. The van der Waals surface area contributed by atoms with Crippen LogP contribution in [-0.4, -0.2) is 56.3 Å². The molecule has 5 rings (SSSR count). The molecule has 0 saturated heterocycles. The molecule has 3 N–H and O–H groups in total. The zero-order valence-electron chi connectivity index (χ0n) is 22.4. The normalized spacial score (nSPS) is 19.3. The van der Waals surface area contributed by atoms with Crippen LogP contribution < -0.4 is 10.6 Å². The molecule has 2 atom stereocenters. The van der Waals surface area contributed by atoms with Gasteiger partial charge in [-0.3, -0.25) is 9.78 Å². The van der Waals surface area contributed by atoms with Gasteiger partial charge in [-0.15, -0.1) is 11.3 Å². The number of hydrogen-bond acceptors (Lipinski definition) is 10. The van der Waals surface area contributed by atoms with Crippen molar-refractivity contribution in [1.82, 2.24) is 19.9 Å². The molecule has 0 aliphatic heterocycles. The van der Waals surface area contributed by atoms with E-state index in [2.05, 4.69) is 26.4 Å². The molecule has 9 nitrogen and oxygen atoms in total. The first-order valence-electron chi connectivity index (χ1n) is 13.1. The van der Waals surface area contributed by atoms with Crippen LogP contribution in [0.1, 0.15) is 77.1 Å². The molecule has 37 heavy (non-hydrogen) atoms. The van der Waals surface area contributed by atoms with E-state index < -0.39 is 0 Å². The van der Waals surface area contributed by atoms with Crippen molar-refractivity contribution in [3.63, 3.8) is 0 Å². The van der Waals surface area contributed by atoms with Gasteiger partial charge in [0.2, 0.25) is 5.95 Å². The summed E-state index contributed by atoms with van der Waals surface area (Å²) >= 11 is 1.69. The summed E-state index contributed by atoms with van der Waals surface area (Å²) in [5.74, 6) is 2.40. The lowest BCUT2D eigenvalue weighted by Gasteiger charge is -2.18. The fraction of sp³-hybridized carbons (Fsp3) is 0.593. The van der Waals surface area contributed by atoms with Crippen molar-refractivity contribution in [2.24, 2.45) is 5.92 Å². The number of hydrogen-bond donors (Lipinski definition) is 3. The van der Waals surface area contributed by atoms with Crippen LogP contribution in [0.25, 0.3) is 20.8 Å². The largest absolute Gasteiger partial charge is 0.462 e. The lowest BCUT2D eigenvalue weighted by atomic mass is 10.1. The number of carbonyl (C=O) groups is 1. The van der Waals surface area contributed by atoms with Crippen molar-refractivity contribution >= 4 is 39.8 Å². The molecular formula is C27H38N6O3S. The number of carbonyl (C=O) groups excluding carboxylic acids is 1. The molecule has 0 aromatic carbocycles. The van der Waals surface area contributed by atoms with Crippen LogP contribution in [0.15, 0.2) is 12.3 Å². The van der Waals surface area contributed by atoms with Crippen molar-refractivity contribution in [2.45, 2.75) is 84.3 Å². The van der Waals surface area contributed by atoms with Gasteiger partial charge in [0.15, 0.2) is 0 Å². The zero-order valence-corrected chi connectivity index (χ0v) is 23.2. The van der Waals surface area contributed by atoms with Gasteiger partial charge in [0.1, 0.15) is 21.9 Å². The quantitative estimate of drug-likeness (QED) is 0.336. The first-order chi connectivity index (χ1) is 17.7. The van der Waals surface area contributed by atoms with Gasteiger partial charge in [0, 0.05) is 31.3 Å². The molecule has 3 heterocycles. The average Bonchev–Trinajstić information content (AvgIpc) is 3.42. The van der Waals surface area contributed by atoms with Gasteiger partial charge < -0.3 is 20.5 Å². The number of aryl methyl sites for hydroxylation is 1. The predicted molar refractivity (Wildman–Crippen MR) is 148 cm³/mol. The third-order valence-electron chi connectivity index (χ3n) is 6.48. The van der Waals surface area contributed by atoms with Gasteiger partial charge in [0.05, 0.1) is 21.7 Å². The fourth-order valence-electron chi connectivity index (χ4n) is 4.52. The Kier molecular flexibility index (Phi) is 8.59. The van der Waals surface area contributed by atoms with Gasteiger partial charge in [-0.2, -0.15) is 4.98 Å². The molecule has 2 aliphatic carbocycles. The number of nitrogens with zero attached hydrogens (tertiary/aromatic N) is 4. The van der Waals surface area contributed by atoms with Gasteiger partial charge >= 0.3 is 0 Å². The Bertz CT molecular complexity index is 1220. The summed E-state index contributed by atoms with van der Waals surface area (Å²) in [7, 11) is 0. The summed E-state index contributed by atoms with van der Waals surface area (Å²) in [6.45, 7) is 11.0. The summed E-state index contributed by atoms with van der Waals surface area (Å²) < 4.78 is 5.72. The van der Waals surface area contributed by atoms with Gasteiger partial charge in [-0.05, 0) is 78.7 Å². The number of thiazole rings is 1. The lowest BCUT2D eigenvalue weighted by molar-refractivity contribution is -0.138. The molecule has 0 spiro atoms. The van der Waals surface area contributed by atoms with Crippen molar-refractivity contribution in [3.8, 4) is 10.6 Å². The first-order valence-corrected chi connectivity index (χ1v) is 13.9. The lowest BCUT2D eigenvalue weighted by Crippen LogP contribution is -2.19. The highest BCUT2D eigenvalue weighted by Crippen LogP contribution is 2.44. The molecule has 0 bridgehead atoms. The van der Waals surface area contributed by atoms with Crippen LogP contribution in [0.2, 0.25) is 0 Å². The van der Waals surface area contributed by atoms with Gasteiger partial charge in [-0.25, -0.2) is 9.97 Å². The van der Waals surface area contributed by atoms with Crippen molar-refractivity contribution in [1.29, 1.82) is 0 Å². The SMILES string of the molecule is CC(C)(C)OC=O.CCNc1nc(C)c(-c2nc3c(C4CC4)nccc3s2)c(NC2CCC(CO)C2)n1. The van der Waals surface area contributed by atoms with E-state index in [0.29, 0.717) is 30.3 Å². The van der Waals surface area contributed by atoms with Crippen LogP contribution in [-0.2, 0) is 9.53 Å². The number of aromatic nitrogens is 4. The van der Waals surface area contributed by atoms with Crippen molar-refractivity contribution < 1.29 is 14.6 Å². The number of anilines is 2. The van der Waals surface area contributed by atoms with E-state index >= 15 is 0 Å². The minimum atomic E-state index is -0.318. The summed E-state index contributed by atoms with van der Waals surface area (Å²) in [5, 5.41) is 17.4. The molecule has 3 aromatic rings. The Balaban J connectivity index is 0.000000405. The maximum atomic E-state index is 9.60. The Morgan fingerprint density at radius 1 is 1.19 bits per heavy atom. The number of nitrogens with one attached hydrogen (secondary N) is 2. The van der Waals surface area contributed by atoms with Crippen LogP contribution in [0.4, 0.5) is 11.8 Å². The molecule has 200 valence electrons. The Morgan fingerprint density at radius 2 is 1.97 bits per heavy atom. The standard InChI is InChI=1S/C22H28N6OS.C5H10O2/c1-3-23-22-25-12(2)17(20(28-22)26-15-7-4-13(10-15)11-29)21-27-19-16(30-21)8-9-24-18(19)14-5-6-14;1-5(2,3)7-4-6/h8-9,13-15,29H,3-7,10-11H2,1-2H3,(H2,23,25,26,28);4H,1-3H3. The molecule has 2 fully saturated rings. The molecule has 10 heteroatoms. The second-order valence-corrected chi connectivity index (χ2v) is 11.8. The Morgan fingerprint density at radius 3 is 2.57 bits per heavy atom. The van der Waals surface area contributed by atoms with E-state index in [4.69, 9.17) is 15.0 Å². The topological polar surface area (TPSA) is 122 Å². The maximum absolute atomic E-state index is 9.60. The van der Waals surface area contributed by atoms with E-state index in [9.17, 15) is 9.90 Å². The highest BCUT2D eigenvalue weighted by atomic mass is 32.1. The zero-order chi connectivity index (χ0) is 26.6. The molecular weight excluding hydrogens is 488 g/mol. The molecule has 3 aromatic heterocycles. The van der Waals surface area contributed by atoms with Crippen LogP contribution >= 0.6 is 11.3 Å². The highest BCUT2D eigenvalue weighted by Gasteiger charge is 2.30. The first kappa shape index (κ1) is 27.2. The maximum Gasteiger partial charge on any atom is 0.293 e. The molecule has 0 amide bonds. The molecule has 2 saturated carbocycles. The van der Waals surface area contributed by atoms with Gasteiger partial charge in [0.25, 0.3) is 6.47 Å². The van der Waals surface area contributed by atoms with Gasteiger partial charge in [-0.1, -0.05) is 0 Å². The third kappa shape index (κ3) is 6.93. The summed E-state index contributed by atoms with van der Waals surface area (Å²) in [6, 6.07) is 2.37. The molecule has 2 aliphatic rings. The molecule has 0 radical (unpaired) electrons. The second kappa shape index (κ2) is 11.7. The van der Waals surface area contributed by atoms with Crippen LogP contribution in [0, 0.1) is 12.8 Å². The van der Waals surface area contributed by atoms with Crippen molar-refractivity contribution in [3.05, 3.63) is 23.7 Å². The number of ether oxygens (including phenoxy) is 1.